The van der Waals surface area contributed by atoms with E-state index >= 15 is 0 Å². The van der Waals surface area contributed by atoms with Gasteiger partial charge in [0.25, 0.3) is 0 Å². The lowest BCUT2D eigenvalue weighted by molar-refractivity contribution is 0.468. The van der Waals surface area contributed by atoms with Crippen molar-refractivity contribution in [2.75, 3.05) is 0 Å². The molecule has 0 radical (unpaired) electrons. The average molecular weight is 159 g/mol. The molecule has 1 aromatic rings. The monoisotopic (exact) mass is 159 g/mol. The maximum Gasteiger partial charge on any atom is 0.482 e. The molecule has 0 aliphatic heterocycles. The Morgan fingerprint density at radius 3 is 2.00 bits per heavy atom. The summed E-state index contributed by atoms with van der Waals surface area (Å²) in [7, 11) is 0. The van der Waals surface area contributed by atoms with Gasteiger partial charge in [-0.3, -0.25) is 0 Å². The van der Waals surface area contributed by atoms with E-state index in [9.17, 15) is 12.9 Å². The first-order chi connectivity index (χ1) is 5.08. The molecule has 0 nitrogen and oxygen atoms in total. The maximum absolute atomic E-state index is 11.8. The van der Waals surface area contributed by atoms with Gasteiger partial charge in [-0.1, -0.05) is 42.2 Å². The summed E-state index contributed by atoms with van der Waals surface area (Å²) in [5.74, 6) is 0. The van der Waals surface area contributed by atoms with Crippen LogP contribution in [0.3, 0.4) is 0 Å². The summed E-state index contributed by atoms with van der Waals surface area (Å²) in [5.41, 5.74) is 0.333. The van der Waals surface area contributed by atoms with Gasteiger partial charge in [0.15, 0.2) is 0 Å². The lowest BCUT2D eigenvalue weighted by Crippen LogP contribution is -2.19. The Balaban J connectivity index is 2.66. The smallest absolute Gasteiger partial charge is 0.449 e. The third-order valence-corrected chi connectivity index (χ3v) is 1.31. The minimum Gasteiger partial charge on any atom is -0.449 e. The Morgan fingerprint density at radius 1 is 1.00 bits per heavy atom. The topological polar surface area (TPSA) is 0 Å². The lowest BCUT2D eigenvalue weighted by atomic mass is 9.82. The Morgan fingerprint density at radius 2 is 1.55 bits per heavy atom. The number of benzene rings is 1. The van der Waals surface area contributed by atoms with Crippen LogP contribution in [-0.2, 0) is 6.32 Å². The van der Waals surface area contributed by atoms with Crippen LogP contribution in [-0.4, -0.2) is 6.98 Å². The molecular weight excluding hydrogens is 152 g/mol. The fraction of sp³-hybridized carbons (Fsp3) is 0.143. The molecule has 11 heavy (non-hydrogen) atoms. The van der Waals surface area contributed by atoms with Gasteiger partial charge in [0.05, 0.1) is 0 Å². The first-order valence-corrected chi connectivity index (χ1v) is 3.33. The van der Waals surface area contributed by atoms with E-state index in [1.807, 2.05) is 0 Å². The van der Waals surface area contributed by atoms with E-state index in [2.05, 4.69) is 0 Å². The fourth-order valence-corrected chi connectivity index (χ4v) is 0.881. The highest BCUT2D eigenvalue weighted by Crippen LogP contribution is 2.15. The minimum absolute atomic E-state index is 0.333. The molecule has 0 unspecified atom stereocenters. The largest absolute Gasteiger partial charge is 0.482 e. The third kappa shape index (κ3) is 3.12. The van der Waals surface area contributed by atoms with Gasteiger partial charge in [-0.15, -0.1) is 0 Å². The first-order valence-electron chi connectivity index (χ1n) is 3.33. The average Bonchev–Trinajstić information content (AvgIpc) is 1.85. The molecular formula is C7H7BF3-. The van der Waals surface area contributed by atoms with Crippen LogP contribution in [0.15, 0.2) is 30.3 Å². The summed E-state index contributed by atoms with van der Waals surface area (Å²) in [5, 5.41) is 0. The van der Waals surface area contributed by atoms with Crippen LogP contribution in [0, 0.1) is 0 Å². The van der Waals surface area contributed by atoms with Crippen molar-refractivity contribution in [2.45, 2.75) is 6.32 Å². The van der Waals surface area contributed by atoms with Gasteiger partial charge in [-0.25, -0.2) is 0 Å². The molecule has 0 spiro atoms. The van der Waals surface area contributed by atoms with E-state index < -0.39 is 13.3 Å². The summed E-state index contributed by atoms with van der Waals surface area (Å²) in [4.78, 5) is 0. The van der Waals surface area contributed by atoms with Crippen molar-refractivity contribution in [3.8, 4) is 0 Å². The minimum atomic E-state index is -4.68. The zero-order chi connectivity index (χ0) is 8.32. The second-order valence-corrected chi connectivity index (χ2v) is 2.40. The molecule has 0 aliphatic carbocycles. The highest BCUT2D eigenvalue weighted by Gasteiger charge is 2.22. The predicted molar refractivity (Wildman–Crippen MR) is 39.2 cm³/mol. The van der Waals surface area contributed by atoms with Gasteiger partial charge in [-0.05, 0) is 0 Å². The molecule has 0 saturated heterocycles. The van der Waals surface area contributed by atoms with Gasteiger partial charge in [0, 0.05) is 0 Å². The van der Waals surface area contributed by atoms with Crippen LogP contribution in [0.5, 0.6) is 0 Å². The van der Waals surface area contributed by atoms with E-state index in [0.717, 1.165) is 0 Å². The molecule has 0 atom stereocenters. The van der Waals surface area contributed by atoms with Crippen LogP contribution in [0.1, 0.15) is 5.56 Å². The van der Waals surface area contributed by atoms with Gasteiger partial charge < -0.3 is 12.9 Å². The molecule has 4 heteroatoms. The Hall–Kier alpha value is -0.925. The van der Waals surface area contributed by atoms with Crippen molar-refractivity contribution in [1.82, 2.24) is 0 Å². The van der Waals surface area contributed by atoms with Crippen molar-refractivity contribution in [1.29, 1.82) is 0 Å². The molecule has 0 fully saturated rings. The fourth-order valence-electron chi connectivity index (χ4n) is 0.881. The summed E-state index contributed by atoms with van der Waals surface area (Å²) in [6.45, 7) is -4.68. The number of rotatable bonds is 2. The lowest BCUT2D eigenvalue weighted by Gasteiger charge is -2.12. The van der Waals surface area contributed by atoms with Crippen LogP contribution >= 0.6 is 0 Å². The molecule has 60 valence electrons. The normalized spacial score (nSPS) is 11.5. The summed E-state index contributed by atoms with van der Waals surface area (Å²) in [6, 6.07) is 7.88. The Kier molecular flexibility index (Phi) is 2.22. The molecule has 0 N–H and O–H groups in total. The van der Waals surface area contributed by atoms with Crippen molar-refractivity contribution < 1.29 is 12.9 Å². The van der Waals surface area contributed by atoms with Gasteiger partial charge in [0.2, 0.25) is 0 Å². The third-order valence-electron chi connectivity index (χ3n) is 1.31. The summed E-state index contributed by atoms with van der Waals surface area (Å²) < 4.78 is 35.4. The zero-order valence-corrected chi connectivity index (χ0v) is 5.81. The highest BCUT2D eigenvalue weighted by molar-refractivity contribution is 6.57. The van der Waals surface area contributed by atoms with Gasteiger partial charge in [0.1, 0.15) is 0 Å². The van der Waals surface area contributed by atoms with Crippen molar-refractivity contribution in [3.63, 3.8) is 0 Å². The van der Waals surface area contributed by atoms with E-state index in [1.54, 1.807) is 18.2 Å². The Bertz CT molecular complexity index is 217. The van der Waals surface area contributed by atoms with Gasteiger partial charge in [-0.2, -0.15) is 0 Å². The Labute approximate surface area is 63.1 Å². The number of halogens is 3. The number of hydrogen-bond acceptors (Lipinski definition) is 0. The highest BCUT2D eigenvalue weighted by atomic mass is 19.4. The van der Waals surface area contributed by atoms with E-state index in [1.165, 1.54) is 12.1 Å². The molecule has 0 heterocycles. The maximum atomic E-state index is 11.8. The first kappa shape index (κ1) is 8.17. The molecule has 1 aromatic carbocycles. The van der Waals surface area contributed by atoms with Crippen LogP contribution in [0.25, 0.3) is 0 Å². The van der Waals surface area contributed by atoms with E-state index in [-0.39, 0.29) is 0 Å². The summed E-state index contributed by atoms with van der Waals surface area (Å²) >= 11 is 0. The van der Waals surface area contributed by atoms with E-state index in [0.29, 0.717) is 5.56 Å². The SMILES string of the molecule is F[B-](F)(F)Cc1ccccc1. The van der Waals surface area contributed by atoms with Crippen molar-refractivity contribution in [2.24, 2.45) is 0 Å². The molecule has 0 amide bonds. The molecule has 0 aromatic heterocycles. The predicted octanol–water partition coefficient (Wildman–Crippen LogP) is 2.62. The van der Waals surface area contributed by atoms with Crippen LogP contribution in [0.2, 0.25) is 0 Å². The van der Waals surface area contributed by atoms with E-state index in [4.69, 9.17) is 0 Å². The second-order valence-electron chi connectivity index (χ2n) is 2.40. The standard InChI is InChI=1S/C7H7BF3/c9-8(10,11)6-7-4-2-1-3-5-7/h1-5H,6H2/q-1. The summed E-state index contributed by atoms with van der Waals surface area (Å²) in [6.07, 6.45) is -0.777. The molecule has 0 saturated carbocycles. The number of hydrogen-bond donors (Lipinski definition) is 0. The van der Waals surface area contributed by atoms with Crippen molar-refractivity contribution >= 4 is 6.98 Å². The molecule has 0 aliphatic rings. The van der Waals surface area contributed by atoms with Crippen molar-refractivity contribution in [3.05, 3.63) is 35.9 Å². The zero-order valence-electron chi connectivity index (χ0n) is 5.81. The molecule has 0 bridgehead atoms. The second kappa shape index (κ2) is 2.99. The van der Waals surface area contributed by atoms with Crippen LogP contribution < -0.4 is 0 Å². The van der Waals surface area contributed by atoms with Crippen LogP contribution in [0.4, 0.5) is 12.9 Å². The van der Waals surface area contributed by atoms with Gasteiger partial charge >= 0.3 is 6.98 Å². The molecule has 1 rings (SSSR count). The quantitative estimate of drug-likeness (QED) is 0.581.